The van der Waals surface area contributed by atoms with Crippen LogP contribution in [-0.2, 0) is 22.4 Å². The SMILES string of the molecule is O=C(NC(CNc1nn[nH]n1)Cc1c[nH]c2ccccc12)C(Cc1ccc(O)cc1)NC(=O)[C@@H]1C[C@H]2C[C@@H]1[C@H](O)[C@@H]2O. The van der Waals surface area contributed by atoms with E-state index in [2.05, 4.69) is 41.6 Å². The number of carbonyl (C=O) groups is 2. The van der Waals surface area contributed by atoms with Crippen molar-refractivity contribution >= 4 is 28.7 Å². The van der Waals surface area contributed by atoms with Gasteiger partial charge in [-0.25, -0.2) is 0 Å². The Morgan fingerprint density at radius 2 is 1.81 bits per heavy atom. The molecule has 42 heavy (non-hydrogen) atoms. The maximum absolute atomic E-state index is 13.9. The van der Waals surface area contributed by atoms with Gasteiger partial charge in [0.15, 0.2) is 0 Å². The lowest BCUT2D eigenvalue weighted by atomic mass is 9.84. The lowest BCUT2D eigenvalue weighted by Gasteiger charge is -2.30. The summed E-state index contributed by atoms with van der Waals surface area (Å²) < 4.78 is 0. The van der Waals surface area contributed by atoms with E-state index in [4.69, 9.17) is 0 Å². The minimum atomic E-state index is -0.944. The minimum Gasteiger partial charge on any atom is -0.508 e. The normalized spacial score (nSPS) is 24.4. The van der Waals surface area contributed by atoms with Crippen LogP contribution < -0.4 is 16.0 Å². The van der Waals surface area contributed by atoms with Crippen molar-refractivity contribution < 1.29 is 24.9 Å². The Kier molecular flexibility index (Phi) is 7.76. The minimum absolute atomic E-state index is 0.102. The summed E-state index contributed by atoms with van der Waals surface area (Å²) in [7, 11) is 0. The summed E-state index contributed by atoms with van der Waals surface area (Å²) in [6.45, 7) is 0.293. The van der Waals surface area contributed by atoms with Gasteiger partial charge in [0.25, 0.3) is 5.95 Å². The third-order valence-electron chi connectivity index (χ3n) is 8.61. The van der Waals surface area contributed by atoms with Crippen LogP contribution in [0.2, 0.25) is 0 Å². The number of aromatic amines is 2. The summed E-state index contributed by atoms with van der Waals surface area (Å²) in [5.74, 6) is -1.24. The number of para-hydroxylation sites is 1. The summed E-state index contributed by atoms with van der Waals surface area (Å²) in [5.41, 5.74) is 2.76. The molecule has 0 saturated heterocycles. The number of aliphatic hydroxyl groups is 2. The molecule has 2 heterocycles. The second-order valence-electron chi connectivity index (χ2n) is 11.3. The van der Waals surface area contributed by atoms with Gasteiger partial charge in [0.05, 0.1) is 18.2 Å². The number of anilines is 1. The Bertz CT molecular complexity index is 1520. The summed E-state index contributed by atoms with van der Waals surface area (Å²) in [5, 5.41) is 54.3. The lowest BCUT2D eigenvalue weighted by molar-refractivity contribution is -0.135. The van der Waals surface area contributed by atoms with Crippen molar-refractivity contribution in [2.75, 3.05) is 11.9 Å². The number of amides is 2. The van der Waals surface area contributed by atoms with Gasteiger partial charge in [-0.2, -0.15) is 5.21 Å². The first-order valence-electron chi connectivity index (χ1n) is 14.1. The van der Waals surface area contributed by atoms with Crippen LogP contribution in [0.1, 0.15) is 24.0 Å². The largest absolute Gasteiger partial charge is 0.508 e. The predicted molar refractivity (Wildman–Crippen MR) is 152 cm³/mol. The van der Waals surface area contributed by atoms with Crippen LogP contribution in [0.3, 0.4) is 0 Å². The van der Waals surface area contributed by atoms with Gasteiger partial charge in [-0.1, -0.05) is 35.4 Å². The van der Waals surface area contributed by atoms with Gasteiger partial charge in [-0.05, 0) is 65.6 Å². The van der Waals surface area contributed by atoms with E-state index in [1.165, 1.54) is 12.1 Å². The van der Waals surface area contributed by atoms with Crippen molar-refractivity contribution in [2.24, 2.45) is 17.8 Å². The van der Waals surface area contributed by atoms with Crippen LogP contribution in [0.25, 0.3) is 10.9 Å². The van der Waals surface area contributed by atoms with E-state index >= 15 is 0 Å². The van der Waals surface area contributed by atoms with E-state index in [0.29, 0.717) is 31.8 Å². The molecule has 2 amide bonds. The number of fused-ring (bicyclic) bond motifs is 3. The highest BCUT2D eigenvalue weighted by molar-refractivity contribution is 5.89. The quantitative estimate of drug-likeness (QED) is 0.126. The Labute approximate surface area is 241 Å². The number of nitrogens with one attached hydrogen (secondary N) is 5. The first-order chi connectivity index (χ1) is 20.4. The monoisotopic (exact) mass is 574 g/mol. The fraction of sp³-hybridized carbons (Fsp3) is 0.414. The maximum Gasteiger partial charge on any atom is 0.263 e. The second-order valence-corrected chi connectivity index (χ2v) is 11.3. The molecule has 0 aliphatic heterocycles. The number of H-pyrrole nitrogens is 2. The number of hydrogen-bond donors (Lipinski definition) is 8. The second kappa shape index (κ2) is 11.8. The Morgan fingerprint density at radius 1 is 1.00 bits per heavy atom. The zero-order chi connectivity index (χ0) is 29.2. The Hall–Kier alpha value is -4.49. The van der Waals surface area contributed by atoms with E-state index in [1.807, 2.05) is 30.5 Å². The molecule has 2 bridgehead atoms. The van der Waals surface area contributed by atoms with Crippen molar-refractivity contribution in [1.29, 1.82) is 0 Å². The number of aromatic hydroxyl groups is 1. The van der Waals surface area contributed by atoms with Crippen LogP contribution >= 0.6 is 0 Å². The first kappa shape index (κ1) is 27.7. The highest BCUT2D eigenvalue weighted by atomic mass is 16.3. The molecule has 13 heteroatoms. The van der Waals surface area contributed by atoms with Gasteiger partial charge in [0.1, 0.15) is 11.8 Å². The number of phenols is 1. The van der Waals surface area contributed by atoms with E-state index in [0.717, 1.165) is 22.0 Å². The number of nitrogens with zero attached hydrogens (tertiary/aromatic N) is 3. The smallest absolute Gasteiger partial charge is 0.263 e. The van der Waals surface area contributed by atoms with Crippen LogP contribution in [-0.4, -0.2) is 83.6 Å². The highest BCUT2D eigenvalue weighted by Gasteiger charge is 2.54. The lowest BCUT2D eigenvalue weighted by Crippen LogP contribution is -2.54. The molecule has 2 saturated carbocycles. The van der Waals surface area contributed by atoms with Crippen molar-refractivity contribution in [3.05, 3.63) is 65.9 Å². The molecule has 2 unspecified atom stereocenters. The molecule has 2 fully saturated rings. The van der Waals surface area contributed by atoms with Gasteiger partial charge in [0.2, 0.25) is 11.8 Å². The molecule has 13 nitrogen and oxygen atoms in total. The Balaban J connectivity index is 1.21. The number of benzene rings is 2. The van der Waals surface area contributed by atoms with E-state index in [1.54, 1.807) is 12.1 Å². The molecule has 0 radical (unpaired) electrons. The number of aliphatic hydroxyl groups excluding tert-OH is 2. The molecule has 2 aromatic heterocycles. The zero-order valence-electron chi connectivity index (χ0n) is 22.8. The summed E-state index contributed by atoms with van der Waals surface area (Å²) in [6.07, 6.45) is 1.90. The van der Waals surface area contributed by atoms with E-state index in [9.17, 15) is 24.9 Å². The average molecular weight is 575 g/mol. The third kappa shape index (κ3) is 5.78. The summed E-state index contributed by atoms with van der Waals surface area (Å²) in [4.78, 5) is 30.6. The van der Waals surface area contributed by atoms with Crippen molar-refractivity contribution in [1.82, 2.24) is 36.2 Å². The number of tetrazole rings is 1. The number of rotatable bonds is 11. The first-order valence-corrected chi connectivity index (χ1v) is 14.1. The molecule has 7 atom stereocenters. The average Bonchev–Trinajstić information content (AvgIpc) is 3.79. The molecule has 4 aromatic rings. The highest BCUT2D eigenvalue weighted by Crippen LogP contribution is 2.48. The number of aromatic nitrogens is 5. The fourth-order valence-electron chi connectivity index (χ4n) is 6.45. The maximum atomic E-state index is 13.9. The molecule has 2 aromatic carbocycles. The molecule has 2 aliphatic rings. The predicted octanol–water partition coefficient (Wildman–Crippen LogP) is 0.631. The van der Waals surface area contributed by atoms with Gasteiger partial charge in [-0.3, -0.25) is 9.59 Å². The summed E-state index contributed by atoms with van der Waals surface area (Å²) >= 11 is 0. The van der Waals surface area contributed by atoms with E-state index < -0.39 is 30.2 Å². The van der Waals surface area contributed by atoms with Gasteiger partial charge in [-0.15, -0.1) is 5.10 Å². The molecule has 220 valence electrons. The molecule has 8 N–H and O–H groups in total. The van der Waals surface area contributed by atoms with Crippen LogP contribution in [0.5, 0.6) is 5.75 Å². The molecular formula is C29H34N8O5. The Morgan fingerprint density at radius 3 is 2.55 bits per heavy atom. The van der Waals surface area contributed by atoms with Crippen LogP contribution in [0.15, 0.2) is 54.7 Å². The van der Waals surface area contributed by atoms with Gasteiger partial charge >= 0.3 is 0 Å². The fourth-order valence-corrected chi connectivity index (χ4v) is 6.45. The number of hydrogen-bond acceptors (Lipinski definition) is 9. The third-order valence-corrected chi connectivity index (χ3v) is 8.61. The van der Waals surface area contributed by atoms with E-state index in [-0.39, 0.29) is 35.8 Å². The van der Waals surface area contributed by atoms with Crippen molar-refractivity contribution in [3.8, 4) is 5.75 Å². The van der Waals surface area contributed by atoms with Gasteiger partial charge in [0, 0.05) is 36.0 Å². The standard InChI is InChI=1S/C29H34N8O5/c38-19-7-5-15(6-8-19)9-24(33-27(41)22-12-16-11-21(22)26(40)25(16)39)28(42)32-18(14-31-29-34-36-37-35-29)10-17-13-30-23-4-2-1-3-20(17)23/h1-8,13,16,18,21-22,24-26,30,38-40H,9-12,14H2,(H,32,42)(H,33,41)(H2,31,34,35,36,37)/t16-,18?,21+,22-,24?,25-,26+/m1/s1. The van der Waals surface area contributed by atoms with Crippen LogP contribution in [0, 0.1) is 17.8 Å². The van der Waals surface area contributed by atoms with Crippen molar-refractivity contribution in [3.63, 3.8) is 0 Å². The molecule has 2 aliphatic carbocycles. The molecular weight excluding hydrogens is 540 g/mol. The zero-order valence-corrected chi connectivity index (χ0v) is 22.8. The number of carbonyl (C=O) groups excluding carboxylic acids is 2. The van der Waals surface area contributed by atoms with Gasteiger partial charge < -0.3 is 36.3 Å². The molecule has 6 rings (SSSR count). The molecule has 0 spiro atoms. The van der Waals surface area contributed by atoms with Crippen molar-refractivity contribution in [2.45, 2.75) is 50.0 Å². The van der Waals surface area contributed by atoms with Crippen LogP contribution in [0.4, 0.5) is 5.95 Å². The topological polar surface area (TPSA) is 201 Å². The number of phenolic OH excluding ortho intramolecular Hbond substituents is 1. The summed E-state index contributed by atoms with van der Waals surface area (Å²) in [6, 6.07) is 13.1.